The molecule has 0 radical (unpaired) electrons. The summed E-state index contributed by atoms with van der Waals surface area (Å²) in [5.41, 5.74) is -0.452. The van der Waals surface area contributed by atoms with Gasteiger partial charge in [0.15, 0.2) is 14.1 Å². The molecule has 0 N–H and O–H groups in total. The van der Waals surface area contributed by atoms with Gasteiger partial charge in [0.25, 0.3) is 0 Å². The lowest BCUT2D eigenvalue weighted by molar-refractivity contribution is -0.137. The normalized spacial score (nSPS) is 27.1. The van der Waals surface area contributed by atoms with Crippen LogP contribution in [0.2, 0.25) is 18.1 Å². The molecule has 1 aliphatic carbocycles. The highest BCUT2D eigenvalue weighted by Crippen LogP contribution is 2.35. The van der Waals surface area contributed by atoms with Crippen LogP contribution in [0.1, 0.15) is 53.4 Å². The molecule has 0 saturated heterocycles. The lowest BCUT2D eigenvalue weighted by Crippen LogP contribution is -2.51. The third-order valence-corrected chi connectivity index (χ3v) is 9.02. The van der Waals surface area contributed by atoms with E-state index in [0.717, 1.165) is 43.8 Å². The van der Waals surface area contributed by atoms with Crippen molar-refractivity contribution < 1.29 is 9.22 Å². The van der Waals surface area contributed by atoms with Crippen LogP contribution in [0.4, 0.5) is 0 Å². The fourth-order valence-electron chi connectivity index (χ4n) is 2.70. The Hall–Kier alpha value is -0.153. The molecular weight excluding hydrogens is 216 g/mol. The van der Waals surface area contributed by atoms with Crippen molar-refractivity contribution in [2.75, 3.05) is 0 Å². The smallest absolute Gasteiger partial charge is 0.193 e. The summed E-state index contributed by atoms with van der Waals surface area (Å²) in [5.74, 6) is 0.339. The second-order valence-electron chi connectivity index (χ2n) is 5.21. The summed E-state index contributed by atoms with van der Waals surface area (Å²) in [5, 5.41) is 0. The molecule has 0 bridgehead atoms. The molecule has 2 nitrogen and oxygen atoms in total. The maximum atomic E-state index is 12.0. The first-order valence-corrected chi connectivity index (χ1v) is 9.28. The number of rotatable bonds is 5. The van der Waals surface area contributed by atoms with E-state index in [2.05, 4.69) is 20.8 Å². The highest BCUT2D eigenvalue weighted by Gasteiger charge is 2.43. The number of carbonyl (C=O) groups excluding carboxylic acids is 1. The monoisotopic (exact) mass is 242 g/mol. The van der Waals surface area contributed by atoms with Gasteiger partial charge in [-0.25, -0.2) is 0 Å². The average Bonchev–Trinajstić information content (AvgIpc) is 2.31. The third-order valence-electron chi connectivity index (χ3n) is 4.27. The lowest BCUT2D eigenvalue weighted by Gasteiger charge is -2.41. The second kappa shape index (κ2) is 5.45. The van der Waals surface area contributed by atoms with Crippen molar-refractivity contribution in [1.82, 2.24) is 0 Å². The zero-order valence-corrected chi connectivity index (χ0v) is 12.3. The molecule has 0 spiro atoms. The number of carbonyl (C=O) groups is 1. The van der Waals surface area contributed by atoms with E-state index in [1.54, 1.807) is 0 Å². The van der Waals surface area contributed by atoms with Crippen molar-refractivity contribution in [2.24, 2.45) is 0 Å². The Kier molecular flexibility index (Phi) is 4.74. The van der Waals surface area contributed by atoms with Gasteiger partial charge in [-0.15, -0.1) is 0 Å². The fraction of sp³-hybridized carbons (Fsp3) is 0.923. The van der Waals surface area contributed by atoms with Crippen LogP contribution < -0.4 is 0 Å². The van der Waals surface area contributed by atoms with Crippen molar-refractivity contribution in [3.05, 3.63) is 0 Å². The van der Waals surface area contributed by atoms with E-state index in [4.69, 9.17) is 4.43 Å². The zero-order chi connectivity index (χ0) is 12.2. The largest absolute Gasteiger partial charge is 0.405 e. The van der Waals surface area contributed by atoms with Gasteiger partial charge in [0.2, 0.25) is 0 Å². The van der Waals surface area contributed by atoms with Gasteiger partial charge in [-0.05, 0) is 44.3 Å². The highest BCUT2D eigenvalue weighted by atomic mass is 28.4. The first kappa shape index (κ1) is 13.9. The molecule has 1 saturated carbocycles. The minimum atomic E-state index is -1.64. The minimum Gasteiger partial charge on any atom is -0.405 e. The number of hydrogen-bond donors (Lipinski definition) is 0. The summed E-state index contributed by atoms with van der Waals surface area (Å²) >= 11 is 0. The molecule has 0 amide bonds. The molecule has 1 rings (SSSR count). The van der Waals surface area contributed by atoms with Crippen molar-refractivity contribution in [2.45, 2.75) is 77.1 Å². The molecule has 0 aliphatic heterocycles. The highest BCUT2D eigenvalue weighted by molar-refractivity contribution is 6.73. The molecule has 1 fully saturated rings. The van der Waals surface area contributed by atoms with Gasteiger partial charge in [-0.3, -0.25) is 4.79 Å². The standard InChI is InChI=1S/C13H26O2Si/c1-5-16(6-2,7-3)15-13(4)11-9-8-10-12(13)14/h5-11H2,1-4H3. The van der Waals surface area contributed by atoms with Crippen LogP contribution in [0, 0.1) is 0 Å². The van der Waals surface area contributed by atoms with Crippen LogP contribution in [0.15, 0.2) is 0 Å². The molecule has 0 aromatic rings. The number of ketones is 1. The van der Waals surface area contributed by atoms with Gasteiger partial charge < -0.3 is 4.43 Å². The Morgan fingerprint density at radius 2 is 1.75 bits per heavy atom. The van der Waals surface area contributed by atoms with Gasteiger partial charge in [0.05, 0.1) is 0 Å². The Morgan fingerprint density at radius 1 is 1.19 bits per heavy atom. The molecule has 0 heterocycles. The molecule has 0 aromatic heterocycles. The summed E-state index contributed by atoms with van der Waals surface area (Å²) < 4.78 is 6.42. The van der Waals surface area contributed by atoms with Crippen LogP contribution in [0.5, 0.6) is 0 Å². The van der Waals surface area contributed by atoms with E-state index >= 15 is 0 Å². The summed E-state index contributed by atoms with van der Waals surface area (Å²) in [6, 6.07) is 3.38. The predicted molar refractivity (Wildman–Crippen MR) is 70.2 cm³/mol. The number of Topliss-reactive ketones (excluding diaryl/α,β-unsaturated/α-hetero) is 1. The molecule has 94 valence electrons. The number of hydrogen-bond acceptors (Lipinski definition) is 2. The van der Waals surface area contributed by atoms with E-state index in [1.807, 2.05) is 6.92 Å². The van der Waals surface area contributed by atoms with Crippen molar-refractivity contribution in [3.8, 4) is 0 Å². The van der Waals surface area contributed by atoms with E-state index in [0.29, 0.717) is 5.78 Å². The zero-order valence-electron chi connectivity index (χ0n) is 11.3. The van der Waals surface area contributed by atoms with Gasteiger partial charge in [0, 0.05) is 6.42 Å². The van der Waals surface area contributed by atoms with Gasteiger partial charge in [0.1, 0.15) is 5.60 Å². The SMILES string of the molecule is CC[Si](CC)(CC)OC1(C)CCCCC1=O. The lowest BCUT2D eigenvalue weighted by atomic mass is 9.85. The second-order valence-corrected chi connectivity index (χ2v) is 9.90. The topological polar surface area (TPSA) is 26.3 Å². The Morgan fingerprint density at radius 3 is 2.19 bits per heavy atom. The molecule has 3 heteroatoms. The van der Waals surface area contributed by atoms with E-state index in [-0.39, 0.29) is 0 Å². The van der Waals surface area contributed by atoms with Crippen molar-refractivity contribution in [3.63, 3.8) is 0 Å². The third kappa shape index (κ3) is 2.75. The van der Waals surface area contributed by atoms with Crippen LogP contribution >= 0.6 is 0 Å². The summed E-state index contributed by atoms with van der Waals surface area (Å²) in [6.45, 7) is 8.68. The molecule has 0 aromatic carbocycles. The minimum absolute atomic E-state index is 0.339. The van der Waals surface area contributed by atoms with Gasteiger partial charge >= 0.3 is 0 Å². The van der Waals surface area contributed by atoms with Crippen LogP contribution in [-0.2, 0) is 9.22 Å². The maximum absolute atomic E-state index is 12.0. The molecule has 1 unspecified atom stereocenters. The van der Waals surface area contributed by atoms with Crippen LogP contribution in [-0.4, -0.2) is 19.7 Å². The maximum Gasteiger partial charge on any atom is 0.193 e. The van der Waals surface area contributed by atoms with E-state index in [9.17, 15) is 4.79 Å². The van der Waals surface area contributed by atoms with Crippen LogP contribution in [0.25, 0.3) is 0 Å². The Labute approximate surface area is 101 Å². The van der Waals surface area contributed by atoms with Crippen molar-refractivity contribution in [1.29, 1.82) is 0 Å². The van der Waals surface area contributed by atoms with Gasteiger partial charge in [-0.2, -0.15) is 0 Å². The first-order chi connectivity index (χ1) is 7.52. The van der Waals surface area contributed by atoms with Crippen LogP contribution in [0.3, 0.4) is 0 Å². The molecular formula is C13H26O2Si. The van der Waals surface area contributed by atoms with E-state index in [1.165, 1.54) is 0 Å². The first-order valence-electron chi connectivity index (χ1n) is 6.75. The van der Waals surface area contributed by atoms with Crippen molar-refractivity contribution >= 4 is 14.1 Å². The average molecular weight is 242 g/mol. The molecule has 1 aliphatic rings. The summed E-state index contributed by atoms with van der Waals surface area (Å²) in [6.07, 6.45) is 3.85. The van der Waals surface area contributed by atoms with E-state index < -0.39 is 13.9 Å². The summed E-state index contributed by atoms with van der Waals surface area (Å²) in [4.78, 5) is 12.0. The quantitative estimate of drug-likeness (QED) is 0.683. The Balaban J connectivity index is 2.79. The Bertz CT molecular complexity index is 240. The molecule has 1 atom stereocenters. The molecule has 16 heavy (non-hydrogen) atoms. The summed E-state index contributed by atoms with van der Waals surface area (Å²) in [7, 11) is -1.64. The fourth-order valence-corrected chi connectivity index (χ4v) is 5.81. The predicted octanol–water partition coefficient (Wildman–Crippen LogP) is 3.91. The van der Waals surface area contributed by atoms with Gasteiger partial charge in [-0.1, -0.05) is 20.8 Å².